The first-order chi connectivity index (χ1) is 14.5. The summed E-state index contributed by atoms with van der Waals surface area (Å²) < 4.78 is 5.44. The van der Waals surface area contributed by atoms with Crippen LogP contribution < -0.4 is 15.0 Å². The number of amides is 2. The van der Waals surface area contributed by atoms with Crippen molar-refractivity contribution in [3.8, 4) is 5.75 Å². The van der Waals surface area contributed by atoms with E-state index >= 15 is 0 Å². The normalized spacial score (nSPS) is 14.3. The molecule has 1 aliphatic heterocycles. The second-order valence-electron chi connectivity index (χ2n) is 7.25. The molecule has 3 rings (SSSR count). The van der Waals surface area contributed by atoms with Gasteiger partial charge in [0.2, 0.25) is 5.91 Å². The van der Waals surface area contributed by atoms with Crippen molar-refractivity contribution in [2.24, 2.45) is 0 Å². The molecule has 0 fully saturated rings. The average Bonchev–Trinajstić information content (AvgIpc) is 2.75. The molecule has 0 saturated heterocycles. The van der Waals surface area contributed by atoms with E-state index in [4.69, 9.17) is 16.3 Å². The molecule has 1 N–H and O–H groups in total. The second kappa shape index (κ2) is 10.5. The zero-order valence-corrected chi connectivity index (χ0v) is 18.2. The first-order valence-corrected chi connectivity index (χ1v) is 10.7. The van der Waals surface area contributed by atoms with Crippen LogP contribution in [0.1, 0.15) is 19.4 Å². The molecule has 0 bridgehead atoms. The van der Waals surface area contributed by atoms with Gasteiger partial charge in [-0.2, -0.15) is 0 Å². The highest BCUT2D eigenvalue weighted by Gasteiger charge is 2.28. The highest BCUT2D eigenvalue weighted by atomic mass is 35.5. The number of nitrogens with zero attached hydrogens (tertiary/aromatic N) is 2. The predicted molar refractivity (Wildman–Crippen MR) is 119 cm³/mol. The molecule has 30 heavy (non-hydrogen) atoms. The Bertz CT molecular complexity index is 871. The quantitative estimate of drug-likeness (QED) is 0.665. The summed E-state index contributed by atoms with van der Waals surface area (Å²) >= 11 is 6.07. The highest BCUT2D eigenvalue weighted by Crippen LogP contribution is 2.34. The van der Waals surface area contributed by atoms with Crippen LogP contribution in [-0.4, -0.2) is 55.5 Å². The monoisotopic (exact) mass is 429 g/mol. The molecule has 1 unspecified atom stereocenters. The standard InChI is InChI=1S/C23H28ClN3O3/c1-3-26(4-2)19(12-17-8-6-5-7-9-17)14-25-22(28)15-27-20-13-18(24)10-11-21(20)30-16-23(27)29/h5-11,13,19H,3-4,12,14-16H2,1-2H3,(H,25,28). The number of likely N-dealkylation sites (N-methyl/N-ethyl adjacent to an activating group) is 1. The Hall–Kier alpha value is -2.57. The van der Waals surface area contributed by atoms with E-state index in [0.717, 1.165) is 19.5 Å². The summed E-state index contributed by atoms with van der Waals surface area (Å²) in [6, 6.07) is 15.5. The van der Waals surface area contributed by atoms with E-state index in [1.165, 1.54) is 10.5 Å². The smallest absolute Gasteiger partial charge is 0.265 e. The molecule has 2 amide bonds. The molecule has 0 radical (unpaired) electrons. The van der Waals surface area contributed by atoms with Gasteiger partial charge >= 0.3 is 0 Å². The number of anilines is 1. The number of hydrogen-bond donors (Lipinski definition) is 1. The third-order valence-corrected chi connectivity index (χ3v) is 5.58. The van der Waals surface area contributed by atoms with Crippen LogP contribution in [-0.2, 0) is 16.0 Å². The number of fused-ring (bicyclic) bond motifs is 1. The van der Waals surface area contributed by atoms with Gasteiger partial charge in [-0.05, 0) is 43.3 Å². The van der Waals surface area contributed by atoms with Crippen molar-refractivity contribution in [2.45, 2.75) is 26.3 Å². The maximum absolute atomic E-state index is 12.7. The van der Waals surface area contributed by atoms with Gasteiger partial charge in [0.15, 0.2) is 6.61 Å². The maximum Gasteiger partial charge on any atom is 0.265 e. The summed E-state index contributed by atoms with van der Waals surface area (Å²) in [6.45, 7) is 6.41. The predicted octanol–water partition coefficient (Wildman–Crippen LogP) is 3.13. The minimum absolute atomic E-state index is 0.0636. The van der Waals surface area contributed by atoms with Crippen molar-refractivity contribution >= 4 is 29.1 Å². The molecule has 1 aliphatic rings. The molecule has 0 spiro atoms. The summed E-state index contributed by atoms with van der Waals surface area (Å²) in [6.07, 6.45) is 0.845. The number of ether oxygens (including phenoxy) is 1. The lowest BCUT2D eigenvalue weighted by Crippen LogP contribution is -2.49. The number of hydrogen-bond acceptors (Lipinski definition) is 4. The molecule has 0 saturated carbocycles. The van der Waals surface area contributed by atoms with Crippen LogP contribution in [0.4, 0.5) is 5.69 Å². The summed E-state index contributed by atoms with van der Waals surface area (Å²) in [7, 11) is 0. The van der Waals surface area contributed by atoms with E-state index in [0.29, 0.717) is 23.0 Å². The van der Waals surface area contributed by atoms with Gasteiger partial charge in [-0.1, -0.05) is 55.8 Å². The SMILES string of the molecule is CCN(CC)C(CNC(=O)CN1C(=O)COc2ccc(Cl)cc21)Cc1ccccc1. The minimum Gasteiger partial charge on any atom is -0.482 e. The molecule has 0 aromatic heterocycles. The van der Waals surface area contributed by atoms with Crippen LogP contribution in [0.15, 0.2) is 48.5 Å². The number of nitrogens with one attached hydrogen (secondary N) is 1. The van der Waals surface area contributed by atoms with Gasteiger partial charge in [-0.25, -0.2) is 0 Å². The molecule has 7 heteroatoms. The van der Waals surface area contributed by atoms with Gasteiger partial charge in [0.25, 0.3) is 5.91 Å². The van der Waals surface area contributed by atoms with E-state index in [9.17, 15) is 9.59 Å². The minimum atomic E-state index is -0.260. The Morgan fingerprint density at radius 3 is 2.63 bits per heavy atom. The number of halogens is 1. The topological polar surface area (TPSA) is 61.9 Å². The highest BCUT2D eigenvalue weighted by molar-refractivity contribution is 6.31. The summed E-state index contributed by atoms with van der Waals surface area (Å²) in [5.74, 6) is 0.0859. The van der Waals surface area contributed by atoms with Gasteiger partial charge in [0.1, 0.15) is 12.3 Å². The van der Waals surface area contributed by atoms with E-state index in [1.807, 2.05) is 18.2 Å². The fourth-order valence-corrected chi connectivity index (χ4v) is 3.90. The summed E-state index contributed by atoms with van der Waals surface area (Å²) in [5.41, 5.74) is 1.76. The van der Waals surface area contributed by atoms with Crippen molar-refractivity contribution in [3.05, 3.63) is 59.1 Å². The third kappa shape index (κ3) is 5.52. The van der Waals surface area contributed by atoms with Gasteiger partial charge in [0.05, 0.1) is 5.69 Å². The van der Waals surface area contributed by atoms with Crippen LogP contribution in [0, 0.1) is 0 Å². The first kappa shape index (κ1) is 22.1. The fraction of sp³-hybridized carbons (Fsp3) is 0.391. The van der Waals surface area contributed by atoms with Crippen molar-refractivity contribution in [2.75, 3.05) is 37.7 Å². The lowest BCUT2D eigenvalue weighted by Gasteiger charge is -2.31. The summed E-state index contributed by atoms with van der Waals surface area (Å²) in [4.78, 5) is 28.8. The number of rotatable bonds is 9. The van der Waals surface area contributed by atoms with Crippen molar-refractivity contribution in [1.29, 1.82) is 0 Å². The molecule has 2 aromatic carbocycles. The van der Waals surface area contributed by atoms with Crippen LogP contribution in [0.5, 0.6) is 5.75 Å². The van der Waals surface area contributed by atoms with Crippen LogP contribution >= 0.6 is 11.6 Å². The van der Waals surface area contributed by atoms with Crippen molar-refractivity contribution < 1.29 is 14.3 Å². The van der Waals surface area contributed by atoms with Crippen LogP contribution in [0.25, 0.3) is 0 Å². The zero-order chi connectivity index (χ0) is 21.5. The zero-order valence-electron chi connectivity index (χ0n) is 17.4. The van der Waals surface area contributed by atoms with Crippen molar-refractivity contribution in [1.82, 2.24) is 10.2 Å². The molecule has 2 aromatic rings. The molecule has 6 nitrogen and oxygen atoms in total. The van der Waals surface area contributed by atoms with Crippen LogP contribution in [0.3, 0.4) is 0 Å². The largest absolute Gasteiger partial charge is 0.482 e. The van der Waals surface area contributed by atoms with E-state index < -0.39 is 0 Å². The van der Waals surface area contributed by atoms with E-state index in [2.05, 4.69) is 36.2 Å². The Kier molecular flexibility index (Phi) is 7.71. The second-order valence-corrected chi connectivity index (χ2v) is 7.69. The van der Waals surface area contributed by atoms with Crippen molar-refractivity contribution in [3.63, 3.8) is 0 Å². The van der Waals surface area contributed by atoms with Gasteiger partial charge in [-0.15, -0.1) is 0 Å². The average molecular weight is 430 g/mol. The molecular formula is C23H28ClN3O3. The van der Waals surface area contributed by atoms with E-state index in [1.54, 1.807) is 18.2 Å². The van der Waals surface area contributed by atoms with Gasteiger partial charge < -0.3 is 10.1 Å². The maximum atomic E-state index is 12.7. The lowest BCUT2D eigenvalue weighted by molar-refractivity contribution is -0.125. The fourth-order valence-electron chi connectivity index (χ4n) is 3.74. The first-order valence-electron chi connectivity index (χ1n) is 10.3. The Morgan fingerprint density at radius 1 is 1.20 bits per heavy atom. The molecular weight excluding hydrogens is 402 g/mol. The third-order valence-electron chi connectivity index (χ3n) is 5.34. The van der Waals surface area contributed by atoms with Gasteiger partial charge in [-0.3, -0.25) is 19.4 Å². The molecule has 0 aliphatic carbocycles. The molecule has 1 heterocycles. The molecule has 1 atom stereocenters. The summed E-state index contributed by atoms with van der Waals surface area (Å²) in [5, 5.41) is 3.50. The number of carbonyl (C=O) groups excluding carboxylic acids is 2. The van der Waals surface area contributed by atoms with Crippen LogP contribution in [0.2, 0.25) is 5.02 Å². The lowest BCUT2D eigenvalue weighted by atomic mass is 10.0. The Labute approximate surface area is 182 Å². The van der Waals surface area contributed by atoms with E-state index in [-0.39, 0.29) is 31.0 Å². The number of benzene rings is 2. The Balaban J connectivity index is 1.65. The molecule has 160 valence electrons. The Morgan fingerprint density at radius 2 is 1.93 bits per heavy atom. The number of carbonyl (C=O) groups is 2. The van der Waals surface area contributed by atoms with Gasteiger partial charge in [0, 0.05) is 17.6 Å².